The van der Waals surface area contributed by atoms with Gasteiger partial charge in [0.15, 0.2) is 0 Å². The smallest absolute Gasteiger partial charge is 0.227 e. The van der Waals surface area contributed by atoms with Crippen LogP contribution in [-0.2, 0) is 14.9 Å². The number of carbonyl (C=O) groups excluding carboxylic acids is 1. The first-order valence-electron chi connectivity index (χ1n) is 6.85. The first-order valence-corrected chi connectivity index (χ1v) is 6.85. The Bertz CT molecular complexity index is 462. The molecule has 0 bridgehead atoms. The van der Waals surface area contributed by atoms with E-state index in [1.54, 1.807) is 7.11 Å². The van der Waals surface area contributed by atoms with Crippen molar-refractivity contribution < 1.29 is 9.53 Å². The Balaban J connectivity index is 2.42. The maximum Gasteiger partial charge on any atom is 0.227 e. The molecule has 1 aromatic rings. The molecule has 1 aromatic carbocycles. The van der Waals surface area contributed by atoms with Crippen LogP contribution in [0.5, 0.6) is 0 Å². The van der Waals surface area contributed by atoms with Gasteiger partial charge in [-0.05, 0) is 23.5 Å². The fraction of sp³-hybridized carbons (Fsp3) is 0.562. The number of amides is 1. The molecule has 19 heavy (non-hydrogen) atoms. The zero-order valence-corrected chi connectivity index (χ0v) is 12.3. The quantitative estimate of drug-likeness (QED) is 0.836. The number of ether oxygens (including phenoxy) is 1. The minimum Gasteiger partial charge on any atom is -0.383 e. The number of para-hydroxylation sites is 1. The molecular formula is C16H23NO2. The van der Waals surface area contributed by atoms with Gasteiger partial charge in [-0.3, -0.25) is 4.79 Å². The van der Waals surface area contributed by atoms with Gasteiger partial charge >= 0.3 is 0 Å². The Morgan fingerprint density at radius 2 is 2.00 bits per heavy atom. The second kappa shape index (κ2) is 5.33. The van der Waals surface area contributed by atoms with Crippen molar-refractivity contribution in [3.05, 3.63) is 29.8 Å². The summed E-state index contributed by atoms with van der Waals surface area (Å²) in [6.45, 7) is 7.14. The van der Waals surface area contributed by atoms with Gasteiger partial charge in [-0.15, -0.1) is 0 Å². The Labute approximate surface area is 115 Å². The number of hydrogen-bond donors (Lipinski definition) is 0. The molecule has 3 nitrogen and oxygen atoms in total. The van der Waals surface area contributed by atoms with Gasteiger partial charge in [0.05, 0.1) is 12.6 Å². The van der Waals surface area contributed by atoms with Gasteiger partial charge in [0.25, 0.3) is 0 Å². The van der Waals surface area contributed by atoms with Gasteiger partial charge in [0.2, 0.25) is 5.91 Å². The predicted octanol–water partition coefficient (Wildman–Crippen LogP) is 3.13. The number of nitrogens with zero attached hydrogens (tertiary/aromatic N) is 1. The van der Waals surface area contributed by atoms with Gasteiger partial charge in [0, 0.05) is 19.2 Å². The Morgan fingerprint density at radius 3 is 2.63 bits per heavy atom. The number of rotatable bonds is 3. The summed E-state index contributed by atoms with van der Waals surface area (Å²) >= 11 is 0. The van der Waals surface area contributed by atoms with Gasteiger partial charge in [0.1, 0.15) is 0 Å². The van der Waals surface area contributed by atoms with E-state index in [-0.39, 0.29) is 17.4 Å². The molecule has 0 N–H and O–H groups in total. The van der Waals surface area contributed by atoms with Crippen LogP contribution >= 0.6 is 0 Å². The van der Waals surface area contributed by atoms with E-state index < -0.39 is 0 Å². The highest BCUT2D eigenvalue weighted by Gasteiger charge is 2.34. The largest absolute Gasteiger partial charge is 0.383 e. The van der Waals surface area contributed by atoms with Crippen LogP contribution in [0, 0.1) is 0 Å². The van der Waals surface area contributed by atoms with Crippen molar-refractivity contribution in [3.8, 4) is 0 Å². The lowest BCUT2D eigenvalue weighted by atomic mass is 9.85. The van der Waals surface area contributed by atoms with E-state index in [2.05, 4.69) is 26.8 Å². The summed E-state index contributed by atoms with van der Waals surface area (Å²) in [4.78, 5) is 14.1. The highest BCUT2D eigenvalue weighted by atomic mass is 16.5. The monoisotopic (exact) mass is 261 g/mol. The number of anilines is 1. The zero-order chi connectivity index (χ0) is 14.0. The van der Waals surface area contributed by atoms with Crippen LogP contribution in [0.1, 0.15) is 39.2 Å². The second-order valence-corrected chi connectivity index (χ2v) is 6.18. The van der Waals surface area contributed by atoms with Crippen molar-refractivity contribution in [2.24, 2.45) is 0 Å². The number of hydrogen-bond acceptors (Lipinski definition) is 2. The van der Waals surface area contributed by atoms with Crippen molar-refractivity contribution in [1.82, 2.24) is 0 Å². The van der Waals surface area contributed by atoms with Crippen molar-refractivity contribution in [1.29, 1.82) is 0 Å². The molecule has 0 spiro atoms. The standard InChI is InChI=1S/C16H23NO2/c1-16(2,3)13-7-5-6-8-14(13)17-12(11-19-4)9-10-15(17)18/h5-8,12H,9-11H2,1-4H3/t12-/m1/s1. The lowest BCUT2D eigenvalue weighted by Crippen LogP contribution is -2.37. The lowest BCUT2D eigenvalue weighted by molar-refractivity contribution is -0.117. The van der Waals surface area contributed by atoms with Crippen LogP contribution in [-0.4, -0.2) is 25.7 Å². The number of carbonyl (C=O) groups is 1. The third-order valence-electron chi connectivity index (χ3n) is 3.66. The zero-order valence-electron chi connectivity index (χ0n) is 12.3. The minimum absolute atomic E-state index is 0.0249. The van der Waals surface area contributed by atoms with E-state index in [9.17, 15) is 4.79 Å². The van der Waals surface area contributed by atoms with Crippen LogP contribution in [0.3, 0.4) is 0 Å². The van der Waals surface area contributed by atoms with E-state index in [0.29, 0.717) is 13.0 Å². The maximum atomic E-state index is 12.2. The Hall–Kier alpha value is -1.35. The highest BCUT2D eigenvalue weighted by Crippen LogP contribution is 2.36. The van der Waals surface area contributed by atoms with Gasteiger partial charge in [-0.2, -0.15) is 0 Å². The van der Waals surface area contributed by atoms with Crippen molar-refractivity contribution in [3.63, 3.8) is 0 Å². The van der Waals surface area contributed by atoms with Crippen LogP contribution in [0.25, 0.3) is 0 Å². The summed E-state index contributed by atoms with van der Waals surface area (Å²) < 4.78 is 5.26. The predicted molar refractivity (Wildman–Crippen MR) is 77.5 cm³/mol. The van der Waals surface area contributed by atoms with Crippen molar-refractivity contribution in [2.75, 3.05) is 18.6 Å². The molecule has 3 heteroatoms. The first kappa shape index (κ1) is 14.1. The molecule has 0 aliphatic carbocycles. The molecule has 1 fully saturated rings. The van der Waals surface area contributed by atoms with Crippen LogP contribution in [0.4, 0.5) is 5.69 Å². The summed E-state index contributed by atoms with van der Waals surface area (Å²) in [6, 6.07) is 8.37. The molecule has 2 rings (SSSR count). The van der Waals surface area contributed by atoms with E-state index in [1.165, 1.54) is 5.56 Å². The molecule has 1 aliphatic rings. The maximum absolute atomic E-state index is 12.2. The Morgan fingerprint density at radius 1 is 1.32 bits per heavy atom. The Kier molecular flexibility index (Phi) is 3.95. The van der Waals surface area contributed by atoms with Gasteiger partial charge < -0.3 is 9.64 Å². The molecule has 1 atom stereocenters. The van der Waals surface area contributed by atoms with Crippen molar-refractivity contribution >= 4 is 11.6 Å². The third-order valence-corrected chi connectivity index (χ3v) is 3.66. The second-order valence-electron chi connectivity index (χ2n) is 6.18. The van der Waals surface area contributed by atoms with E-state index in [4.69, 9.17) is 4.74 Å². The normalized spacial score (nSPS) is 20.1. The summed E-state index contributed by atoms with van der Waals surface area (Å²) in [6.07, 6.45) is 1.50. The molecule has 1 aliphatic heterocycles. The molecule has 0 radical (unpaired) electrons. The van der Waals surface area contributed by atoms with Crippen LogP contribution < -0.4 is 4.90 Å². The van der Waals surface area contributed by atoms with Crippen LogP contribution in [0.2, 0.25) is 0 Å². The molecule has 0 unspecified atom stereocenters. The number of benzene rings is 1. The average molecular weight is 261 g/mol. The van der Waals surface area contributed by atoms with Gasteiger partial charge in [-0.1, -0.05) is 39.0 Å². The van der Waals surface area contributed by atoms with E-state index in [1.807, 2.05) is 23.1 Å². The van der Waals surface area contributed by atoms with Crippen molar-refractivity contribution in [2.45, 2.75) is 45.1 Å². The third kappa shape index (κ3) is 2.81. The molecule has 0 aromatic heterocycles. The van der Waals surface area contributed by atoms with Gasteiger partial charge in [-0.25, -0.2) is 0 Å². The summed E-state index contributed by atoms with van der Waals surface area (Å²) in [7, 11) is 1.69. The highest BCUT2D eigenvalue weighted by molar-refractivity contribution is 5.97. The fourth-order valence-corrected chi connectivity index (χ4v) is 2.74. The topological polar surface area (TPSA) is 29.5 Å². The van der Waals surface area contributed by atoms with E-state index in [0.717, 1.165) is 12.1 Å². The molecule has 1 heterocycles. The summed E-state index contributed by atoms with van der Waals surface area (Å²) in [5.41, 5.74) is 2.28. The lowest BCUT2D eigenvalue weighted by Gasteiger charge is -2.31. The number of methoxy groups -OCH3 is 1. The fourth-order valence-electron chi connectivity index (χ4n) is 2.74. The molecule has 0 saturated carbocycles. The molecule has 1 amide bonds. The molecule has 1 saturated heterocycles. The summed E-state index contributed by atoms with van der Waals surface area (Å²) in [5.74, 6) is 0.207. The minimum atomic E-state index is 0.0249. The molecule has 104 valence electrons. The van der Waals surface area contributed by atoms with E-state index >= 15 is 0 Å². The average Bonchev–Trinajstić information content (AvgIpc) is 2.70. The molecular weight excluding hydrogens is 238 g/mol. The first-order chi connectivity index (χ1) is 8.95. The summed E-state index contributed by atoms with van der Waals surface area (Å²) in [5, 5.41) is 0. The SMILES string of the molecule is COC[C@H]1CCC(=O)N1c1ccccc1C(C)(C)C. The van der Waals surface area contributed by atoms with Crippen LogP contribution in [0.15, 0.2) is 24.3 Å².